The first-order valence-corrected chi connectivity index (χ1v) is 4.96. The minimum absolute atomic E-state index is 0.000833. The second-order valence-corrected chi connectivity index (χ2v) is 3.69. The quantitative estimate of drug-likeness (QED) is 0.661. The molecule has 0 rings (SSSR count). The maximum Gasteiger partial charge on any atom is 0.221 e. The van der Waals surface area contributed by atoms with Gasteiger partial charge in [-0.2, -0.15) is 5.26 Å². The topological polar surface area (TPSA) is 64.9 Å². The van der Waals surface area contributed by atoms with Gasteiger partial charge in [0.25, 0.3) is 0 Å². The molecule has 0 heterocycles. The van der Waals surface area contributed by atoms with Crippen molar-refractivity contribution in [3.8, 4) is 6.07 Å². The highest BCUT2D eigenvalue weighted by Gasteiger charge is 2.06. The van der Waals surface area contributed by atoms with E-state index in [1.54, 1.807) is 0 Å². The Balaban J connectivity index is 3.51. The number of hydrogen-bond donors (Lipinski definition) is 2. The summed E-state index contributed by atoms with van der Waals surface area (Å²) in [6.45, 7) is 6.59. The van der Waals surface area contributed by atoms with Gasteiger partial charge in [-0.1, -0.05) is 13.8 Å². The molecule has 0 spiro atoms. The van der Waals surface area contributed by atoms with Crippen molar-refractivity contribution < 1.29 is 4.79 Å². The second kappa shape index (κ2) is 7.34. The lowest BCUT2D eigenvalue weighted by atomic mass is 10.2. The van der Waals surface area contributed by atoms with Crippen LogP contribution in [0.2, 0.25) is 0 Å². The molecule has 0 aliphatic rings. The molecule has 14 heavy (non-hydrogen) atoms. The number of hydrogen-bond acceptors (Lipinski definition) is 3. The van der Waals surface area contributed by atoms with Crippen LogP contribution >= 0.6 is 0 Å². The van der Waals surface area contributed by atoms with Gasteiger partial charge in [0.2, 0.25) is 5.91 Å². The van der Waals surface area contributed by atoms with Crippen molar-refractivity contribution in [2.45, 2.75) is 45.7 Å². The average Bonchev–Trinajstić information content (AvgIpc) is 2.03. The van der Waals surface area contributed by atoms with Crippen molar-refractivity contribution in [1.29, 1.82) is 5.26 Å². The van der Waals surface area contributed by atoms with Crippen LogP contribution in [0.4, 0.5) is 0 Å². The van der Waals surface area contributed by atoms with Crippen molar-refractivity contribution in [2.24, 2.45) is 0 Å². The Kier molecular flexibility index (Phi) is 6.77. The molecular weight excluding hydrogens is 178 g/mol. The van der Waals surface area contributed by atoms with Crippen LogP contribution in [0, 0.1) is 11.3 Å². The van der Waals surface area contributed by atoms with Gasteiger partial charge in [-0.25, -0.2) is 0 Å². The van der Waals surface area contributed by atoms with Crippen molar-refractivity contribution >= 4 is 5.91 Å². The smallest absolute Gasteiger partial charge is 0.221 e. The van der Waals surface area contributed by atoms with E-state index >= 15 is 0 Å². The molecule has 1 atom stereocenters. The molecular formula is C10H19N3O. The molecule has 1 unspecified atom stereocenters. The highest BCUT2D eigenvalue weighted by Crippen LogP contribution is 1.89. The zero-order chi connectivity index (χ0) is 11.0. The number of amides is 1. The lowest BCUT2D eigenvalue weighted by Crippen LogP contribution is -2.35. The Hall–Kier alpha value is -1.08. The van der Waals surface area contributed by atoms with E-state index in [9.17, 15) is 4.79 Å². The summed E-state index contributed by atoms with van der Waals surface area (Å²) in [5.41, 5.74) is 0. The Morgan fingerprint density at radius 3 is 2.57 bits per heavy atom. The first kappa shape index (κ1) is 12.9. The number of carbonyl (C=O) groups is 1. The Labute approximate surface area is 85.7 Å². The van der Waals surface area contributed by atoms with E-state index in [0.29, 0.717) is 25.4 Å². The third-order valence-corrected chi connectivity index (χ3v) is 1.71. The fourth-order valence-electron chi connectivity index (χ4n) is 1.01. The van der Waals surface area contributed by atoms with E-state index < -0.39 is 0 Å². The number of nitrogens with zero attached hydrogens (tertiary/aromatic N) is 1. The largest absolute Gasteiger partial charge is 0.353 e. The molecule has 0 aromatic rings. The monoisotopic (exact) mass is 197 g/mol. The highest BCUT2D eigenvalue weighted by molar-refractivity contribution is 5.76. The molecule has 0 aromatic carbocycles. The molecule has 0 fully saturated rings. The van der Waals surface area contributed by atoms with Gasteiger partial charge in [0.1, 0.15) is 0 Å². The summed E-state index contributed by atoms with van der Waals surface area (Å²) in [6, 6.07) is 2.37. The van der Waals surface area contributed by atoms with E-state index in [0.717, 1.165) is 0 Å². The zero-order valence-corrected chi connectivity index (χ0v) is 9.13. The predicted molar refractivity (Wildman–Crippen MR) is 55.6 cm³/mol. The highest BCUT2D eigenvalue weighted by atomic mass is 16.1. The van der Waals surface area contributed by atoms with Crippen LogP contribution in [-0.4, -0.2) is 24.5 Å². The van der Waals surface area contributed by atoms with Gasteiger partial charge in [-0.3, -0.25) is 4.79 Å². The first-order chi connectivity index (χ1) is 6.56. The third-order valence-electron chi connectivity index (χ3n) is 1.71. The van der Waals surface area contributed by atoms with Gasteiger partial charge < -0.3 is 10.6 Å². The lowest BCUT2D eigenvalue weighted by Gasteiger charge is -2.11. The maximum atomic E-state index is 11.2. The summed E-state index contributed by atoms with van der Waals surface area (Å²) >= 11 is 0. The fourth-order valence-corrected chi connectivity index (χ4v) is 1.01. The minimum Gasteiger partial charge on any atom is -0.353 e. The molecule has 0 bridgehead atoms. The lowest BCUT2D eigenvalue weighted by molar-refractivity contribution is -0.121. The van der Waals surface area contributed by atoms with Gasteiger partial charge in [0.05, 0.1) is 12.5 Å². The summed E-state index contributed by atoms with van der Waals surface area (Å²) in [5.74, 6) is 0.000833. The summed E-state index contributed by atoms with van der Waals surface area (Å²) < 4.78 is 0. The molecule has 4 heteroatoms. The normalized spacial score (nSPS) is 12.2. The van der Waals surface area contributed by atoms with Crippen molar-refractivity contribution in [1.82, 2.24) is 10.6 Å². The fraction of sp³-hybridized carbons (Fsp3) is 0.800. The van der Waals surface area contributed by atoms with Gasteiger partial charge >= 0.3 is 0 Å². The Bertz CT molecular complexity index is 208. The van der Waals surface area contributed by atoms with Crippen LogP contribution in [0.1, 0.15) is 33.6 Å². The molecule has 0 radical (unpaired) electrons. The SMILES string of the molecule is CC(C)NCCC(=O)NC(C)CC#N. The zero-order valence-electron chi connectivity index (χ0n) is 9.13. The standard InChI is InChI=1S/C10H19N3O/c1-8(2)12-7-5-10(14)13-9(3)4-6-11/h8-9,12H,4-5,7H2,1-3H3,(H,13,14). The molecule has 4 nitrogen and oxygen atoms in total. The molecule has 0 saturated heterocycles. The molecule has 0 aromatic heterocycles. The third kappa shape index (κ3) is 7.56. The van der Waals surface area contributed by atoms with Crippen molar-refractivity contribution in [3.05, 3.63) is 0 Å². The molecule has 0 saturated carbocycles. The first-order valence-electron chi connectivity index (χ1n) is 4.96. The van der Waals surface area contributed by atoms with Crippen LogP contribution in [0.15, 0.2) is 0 Å². The minimum atomic E-state index is -0.0495. The van der Waals surface area contributed by atoms with Gasteiger partial charge in [-0.05, 0) is 6.92 Å². The number of nitriles is 1. The average molecular weight is 197 g/mol. The van der Waals surface area contributed by atoms with Crippen LogP contribution in [-0.2, 0) is 4.79 Å². The van der Waals surface area contributed by atoms with Crippen molar-refractivity contribution in [2.75, 3.05) is 6.54 Å². The van der Waals surface area contributed by atoms with E-state index in [4.69, 9.17) is 5.26 Å². The van der Waals surface area contributed by atoms with Crippen LogP contribution in [0.5, 0.6) is 0 Å². The van der Waals surface area contributed by atoms with Crippen molar-refractivity contribution in [3.63, 3.8) is 0 Å². The summed E-state index contributed by atoms with van der Waals surface area (Å²) in [7, 11) is 0. The molecule has 0 aliphatic carbocycles. The Morgan fingerprint density at radius 2 is 2.07 bits per heavy atom. The van der Waals surface area contributed by atoms with Crippen LogP contribution in [0.25, 0.3) is 0 Å². The number of carbonyl (C=O) groups excluding carboxylic acids is 1. The second-order valence-electron chi connectivity index (χ2n) is 3.69. The maximum absolute atomic E-state index is 11.2. The molecule has 80 valence electrons. The van der Waals surface area contributed by atoms with E-state index in [1.807, 2.05) is 26.8 Å². The Morgan fingerprint density at radius 1 is 1.43 bits per heavy atom. The molecule has 1 amide bonds. The van der Waals surface area contributed by atoms with Crippen LogP contribution < -0.4 is 10.6 Å². The van der Waals surface area contributed by atoms with E-state index in [2.05, 4.69) is 10.6 Å². The van der Waals surface area contributed by atoms with Gasteiger partial charge in [-0.15, -0.1) is 0 Å². The van der Waals surface area contributed by atoms with E-state index in [1.165, 1.54) is 0 Å². The number of rotatable bonds is 6. The molecule has 0 aliphatic heterocycles. The van der Waals surface area contributed by atoms with Gasteiger partial charge in [0.15, 0.2) is 0 Å². The predicted octanol–water partition coefficient (Wildman–Crippen LogP) is 0.793. The summed E-state index contributed by atoms with van der Waals surface area (Å²) in [4.78, 5) is 11.2. The summed E-state index contributed by atoms with van der Waals surface area (Å²) in [6.07, 6.45) is 0.831. The van der Waals surface area contributed by atoms with E-state index in [-0.39, 0.29) is 11.9 Å². The van der Waals surface area contributed by atoms with Gasteiger partial charge in [0, 0.05) is 25.0 Å². The van der Waals surface area contributed by atoms with Crippen LogP contribution in [0.3, 0.4) is 0 Å². The summed E-state index contributed by atoms with van der Waals surface area (Å²) in [5, 5.41) is 14.3. The molecule has 2 N–H and O–H groups in total. The number of nitrogens with one attached hydrogen (secondary N) is 2.